The van der Waals surface area contributed by atoms with E-state index in [4.69, 9.17) is 27.2 Å². The molecule has 2 heterocycles. The standard InChI is InChI=1S/C17H16ClFN4O2/c18-12-7-15(19)17(21-8-12)25-14-3-1-11(2-4-14)16-5-6-23(22-16)9-13(20)10-24/h1-8,13,24H,9-10,20H2/t13-/m0/s1. The van der Waals surface area contributed by atoms with Crippen LogP contribution in [0.2, 0.25) is 5.02 Å². The molecule has 0 saturated carbocycles. The van der Waals surface area contributed by atoms with Crippen molar-refractivity contribution in [2.45, 2.75) is 12.6 Å². The Balaban J connectivity index is 1.72. The van der Waals surface area contributed by atoms with Crippen molar-refractivity contribution in [1.82, 2.24) is 14.8 Å². The second-order valence-electron chi connectivity index (χ2n) is 5.43. The van der Waals surface area contributed by atoms with Crippen LogP contribution < -0.4 is 10.5 Å². The Hall–Kier alpha value is -2.48. The van der Waals surface area contributed by atoms with Crippen LogP contribution in [0.1, 0.15) is 0 Å². The van der Waals surface area contributed by atoms with Crippen LogP contribution in [0.4, 0.5) is 4.39 Å². The normalized spacial score (nSPS) is 12.2. The highest BCUT2D eigenvalue weighted by molar-refractivity contribution is 6.30. The molecule has 6 nitrogen and oxygen atoms in total. The molecule has 0 aliphatic heterocycles. The number of pyridine rings is 1. The molecule has 0 spiro atoms. The molecule has 0 aliphatic carbocycles. The maximum Gasteiger partial charge on any atom is 0.255 e. The molecule has 0 radical (unpaired) electrons. The Bertz CT molecular complexity index is 854. The molecule has 0 unspecified atom stereocenters. The van der Waals surface area contributed by atoms with E-state index >= 15 is 0 Å². The summed E-state index contributed by atoms with van der Waals surface area (Å²) in [5.74, 6) is -0.325. The Kier molecular flexibility index (Phi) is 5.28. The SMILES string of the molecule is N[C@H](CO)Cn1ccc(-c2ccc(Oc3ncc(Cl)cc3F)cc2)n1. The van der Waals surface area contributed by atoms with E-state index in [-0.39, 0.29) is 23.6 Å². The second kappa shape index (κ2) is 7.60. The molecule has 0 saturated heterocycles. The second-order valence-corrected chi connectivity index (χ2v) is 5.87. The van der Waals surface area contributed by atoms with Gasteiger partial charge in [-0.25, -0.2) is 9.37 Å². The monoisotopic (exact) mass is 362 g/mol. The number of rotatable bonds is 6. The van der Waals surface area contributed by atoms with Crippen molar-refractivity contribution in [3.63, 3.8) is 0 Å². The van der Waals surface area contributed by atoms with Gasteiger partial charge in [0.15, 0.2) is 5.82 Å². The highest BCUT2D eigenvalue weighted by Crippen LogP contribution is 2.26. The molecule has 2 aromatic heterocycles. The van der Waals surface area contributed by atoms with Crippen LogP contribution in [0.25, 0.3) is 11.3 Å². The van der Waals surface area contributed by atoms with Crippen LogP contribution >= 0.6 is 11.6 Å². The van der Waals surface area contributed by atoms with Crippen molar-refractivity contribution in [3.05, 3.63) is 59.6 Å². The van der Waals surface area contributed by atoms with Crippen molar-refractivity contribution in [1.29, 1.82) is 0 Å². The number of aromatic nitrogens is 3. The van der Waals surface area contributed by atoms with E-state index < -0.39 is 5.82 Å². The molecule has 3 rings (SSSR count). The van der Waals surface area contributed by atoms with Gasteiger partial charge in [-0.15, -0.1) is 0 Å². The third-order valence-electron chi connectivity index (χ3n) is 3.44. The Morgan fingerprint density at radius 2 is 2.04 bits per heavy atom. The summed E-state index contributed by atoms with van der Waals surface area (Å²) >= 11 is 5.66. The van der Waals surface area contributed by atoms with E-state index in [9.17, 15) is 4.39 Å². The summed E-state index contributed by atoms with van der Waals surface area (Å²) in [5, 5.41) is 13.6. The summed E-state index contributed by atoms with van der Waals surface area (Å²) in [6, 6.07) is 9.64. The average Bonchev–Trinajstić information content (AvgIpc) is 3.06. The summed E-state index contributed by atoms with van der Waals surface area (Å²) in [6.07, 6.45) is 3.11. The molecule has 0 aliphatic rings. The lowest BCUT2D eigenvalue weighted by Crippen LogP contribution is -2.30. The van der Waals surface area contributed by atoms with Crippen LogP contribution in [-0.4, -0.2) is 32.5 Å². The van der Waals surface area contributed by atoms with Gasteiger partial charge in [0.25, 0.3) is 5.88 Å². The number of halogens is 2. The zero-order chi connectivity index (χ0) is 17.8. The molecule has 3 N–H and O–H groups in total. The minimum Gasteiger partial charge on any atom is -0.436 e. The molecule has 3 aromatic rings. The topological polar surface area (TPSA) is 86.2 Å². The lowest BCUT2D eigenvalue weighted by atomic mass is 10.1. The van der Waals surface area contributed by atoms with Crippen LogP contribution in [0.3, 0.4) is 0 Å². The third kappa shape index (κ3) is 4.33. The van der Waals surface area contributed by atoms with Gasteiger partial charge in [0, 0.05) is 24.0 Å². The highest BCUT2D eigenvalue weighted by atomic mass is 35.5. The van der Waals surface area contributed by atoms with E-state index in [1.807, 2.05) is 18.2 Å². The number of aliphatic hydroxyl groups excluding tert-OH is 1. The van der Waals surface area contributed by atoms with Crippen molar-refractivity contribution in [2.24, 2.45) is 5.73 Å². The number of hydrogen-bond acceptors (Lipinski definition) is 5. The molecule has 0 amide bonds. The highest BCUT2D eigenvalue weighted by Gasteiger charge is 2.09. The van der Waals surface area contributed by atoms with E-state index in [1.165, 1.54) is 6.20 Å². The number of aliphatic hydroxyl groups is 1. The van der Waals surface area contributed by atoms with Gasteiger partial charge in [-0.05, 0) is 36.4 Å². The largest absolute Gasteiger partial charge is 0.436 e. The Morgan fingerprint density at radius 3 is 2.72 bits per heavy atom. The first-order chi connectivity index (χ1) is 12.0. The van der Waals surface area contributed by atoms with E-state index in [1.54, 1.807) is 23.0 Å². The zero-order valence-electron chi connectivity index (χ0n) is 13.1. The summed E-state index contributed by atoms with van der Waals surface area (Å²) in [5.41, 5.74) is 7.32. The number of ether oxygens (including phenoxy) is 1. The predicted molar refractivity (Wildman–Crippen MR) is 92.0 cm³/mol. The number of nitrogens with two attached hydrogens (primary N) is 1. The lowest BCUT2D eigenvalue weighted by molar-refractivity contribution is 0.251. The predicted octanol–water partition coefficient (Wildman–Crippen LogP) is 2.85. The summed E-state index contributed by atoms with van der Waals surface area (Å²) in [7, 11) is 0. The van der Waals surface area contributed by atoms with Gasteiger partial charge in [0.05, 0.1) is 23.9 Å². The van der Waals surface area contributed by atoms with Gasteiger partial charge in [-0.2, -0.15) is 5.10 Å². The van der Waals surface area contributed by atoms with Crippen molar-refractivity contribution < 1.29 is 14.2 Å². The minimum absolute atomic E-state index is 0.101. The Labute approximate surface area is 148 Å². The lowest BCUT2D eigenvalue weighted by Gasteiger charge is -2.08. The van der Waals surface area contributed by atoms with E-state index in [0.29, 0.717) is 12.3 Å². The van der Waals surface area contributed by atoms with Crippen molar-refractivity contribution >= 4 is 11.6 Å². The maximum atomic E-state index is 13.7. The Morgan fingerprint density at radius 1 is 1.28 bits per heavy atom. The van der Waals surface area contributed by atoms with Gasteiger partial charge in [-0.3, -0.25) is 4.68 Å². The average molecular weight is 363 g/mol. The van der Waals surface area contributed by atoms with Crippen LogP contribution in [0, 0.1) is 5.82 Å². The number of benzene rings is 1. The minimum atomic E-state index is -0.629. The first kappa shape index (κ1) is 17.3. The van der Waals surface area contributed by atoms with Gasteiger partial charge in [-0.1, -0.05) is 11.6 Å². The number of nitrogens with zero attached hydrogens (tertiary/aromatic N) is 3. The molecule has 1 atom stereocenters. The smallest absolute Gasteiger partial charge is 0.255 e. The first-order valence-corrected chi connectivity index (χ1v) is 7.92. The van der Waals surface area contributed by atoms with E-state index in [0.717, 1.165) is 17.3 Å². The summed E-state index contributed by atoms with van der Waals surface area (Å²) in [6.45, 7) is 0.329. The van der Waals surface area contributed by atoms with Crippen LogP contribution in [0.5, 0.6) is 11.6 Å². The third-order valence-corrected chi connectivity index (χ3v) is 3.64. The van der Waals surface area contributed by atoms with Gasteiger partial charge in [0.1, 0.15) is 5.75 Å². The fraction of sp³-hybridized carbons (Fsp3) is 0.176. The quantitative estimate of drug-likeness (QED) is 0.704. The van der Waals surface area contributed by atoms with Gasteiger partial charge in [0.2, 0.25) is 0 Å². The molecular weight excluding hydrogens is 347 g/mol. The van der Waals surface area contributed by atoms with Crippen molar-refractivity contribution in [3.8, 4) is 22.9 Å². The summed E-state index contributed by atoms with van der Waals surface area (Å²) in [4.78, 5) is 3.82. The van der Waals surface area contributed by atoms with Crippen molar-refractivity contribution in [2.75, 3.05) is 6.61 Å². The fourth-order valence-electron chi connectivity index (χ4n) is 2.20. The molecular formula is C17H16ClFN4O2. The van der Waals surface area contributed by atoms with Gasteiger partial charge >= 0.3 is 0 Å². The van der Waals surface area contributed by atoms with E-state index in [2.05, 4.69) is 10.1 Å². The van der Waals surface area contributed by atoms with Gasteiger partial charge < -0.3 is 15.6 Å². The molecule has 8 heteroatoms. The zero-order valence-corrected chi connectivity index (χ0v) is 13.9. The van der Waals surface area contributed by atoms with Crippen LogP contribution in [-0.2, 0) is 6.54 Å². The summed E-state index contributed by atoms with van der Waals surface area (Å²) < 4.78 is 20.8. The molecule has 0 bridgehead atoms. The maximum absolute atomic E-state index is 13.7. The first-order valence-electron chi connectivity index (χ1n) is 7.54. The fourth-order valence-corrected chi connectivity index (χ4v) is 2.34. The molecule has 25 heavy (non-hydrogen) atoms. The van der Waals surface area contributed by atoms with Crippen LogP contribution in [0.15, 0.2) is 48.8 Å². The molecule has 0 fully saturated rings. The molecule has 1 aromatic carbocycles. The number of hydrogen-bond donors (Lipinski definition) is 2. The molecule has 130 valence electrons.